The molecule has 1 aliphatic heterocycles. The van der Waals surface area contributed by atoms with Crippen molar-refractivity contribution < 1.29 is 9.13 Å². The van der Waals surface area contributed by atoms with Gasteiger partial charge in [-0.25, -0.2) is 9.37 Å². The van der Waals surface area contributed by atoms with E-state index in [9.17, 15) is 4.39 Å². The Morgan fingerprint density at radius 2 is 2.09 bits per heavy atom. The molecular weight excluding hydrogens is 305 g/mol. The molecule has 3 rings (SSSR count). The van der Waals surface area contributed by atoms with E-state index in [2.05, 4.69) is 15.3 Å². The first-order chi connectivity index (χ1) is 10.7. The molecular formula is C16H17ClFN3O. The second-order valence-corrected chi connectivity index (χ2v) is 5.73. The number of aromatic nitrogens is 2. The third kappa shape index (κ3) is 3.93. The lowest BCUT2D eigenvalue weighted by atomic mass is 10.1. The molecule has 22 heavy (non-hydrogen) atoms. The molecule has 0 unspecified atom stereocenters. The first kappa shape index (κ1) is 15.2. The van der Waals surface area contributed by atoms with E-state index in [-0.39, 0.29) is 11.9 Å². The fourth-order valence-corrected chi connectivity index (χ4v) is 2.61. The third-order valence-corrected chi connectivity index (χ3v) is 3.85. The zero-order valence-electron chi connectivity index (χ0n) is 12.1. The summed E-state index contributed by atoms with van der Waals surface area (Å²) in [5.41, 5.74) is 0.517. The van der Waals surface area contributed by atoms with Crippen LogP contribution in [0.15, 0.2) is 30.5 Å². The lowest BCUT2D eigenvalue weighted by Crippen LogP contribution is -2.34. The number of ether oxygens (including phenoxy) is 1. The van der Waals surface area contributed by atoms with Crippen LogP contribution in [-0.2, 0) is 6.42 Å². The fourth-order valence-electron chi connectivity index (χ4n) is 2.45. The monoisotopic (exact) mass is 321 g/mol. The van der Waals surface area contributed by atoms with Crippen molar-refractivity contribution in [3.05, 3.63) is 52.7 Å². The van der Waals surface area contributed by atoms with Crippen molar-refractivity contribution in [3.63, 3.8) is 0 Å². The van der Waals surface area contributed by atoms with Crippen LogP contribution in [0.1, 0.15) is 24.2 Å². The van der Waals surface area contributed by atoms with Crippen molar-refractivity contribution >= 4 is 11.6 Å². The Morgan fingerprint density at radius 3 is 2.86 bits per heavy atom. The van der Waals surface area contributed by atoms with Crippen LogP contribution in [0.3, 0.4) is 0 Å². The van der Waals surface area contributed by atoms with Crippen LogP contribution in [0.5, 0.6) is 5.88 Å². The van der Waals surface area contributed by atoms with Crippen LogP contribution in [0, 0.1) is 5.82 Å². The summed E-state index contributed by atoms with van der Waals surface area (Å²) >= 11 is 5.76. The molecule has 4 nitrogen and oxygen atoms in total. The van der Waals surface area contributed by atoms with E-state index in [4.69, 9.17) is 16.3 Å². The summed E-state index contributed by atoms with van der Waals surface area (Å²) in [5, 5.41) is 3.67. The van der Waals surface area contributed by atoms with Gasteiger partial charge in [0.15, 0.2) is 0 Å². The normalized spacial score (nSPS) is 15.7. The topological polar surface area (TPSA) is 47.0 Å². The Balaban J connectivity index is 1.70. The van der Waals surface area contributed by atoms with Gasteiger partial charge in [-0.1, -0.05) is 17.7 Å². The van der Waals surface area contributed by atoms with Crippen molar-refractivity contribution in [1.82, 2.24) is 15.3 Å². The highest BCUT2D eigenvalue weighted by Crippen LogP contribution is 2.18. The van der Waals surface area contributed by atoms with Crippen LogP contribution in [0.2, 0.25) is 5.02 Å². The first-order valence-electron chi connectivity index (χ1n) is 7.34. The van der Waals surface area contributed by atoms with Gasteiger partial charge in [0, 0.05) is 23.7 Å². The minimum Gasteiger partial charge on any atom is -0.474 e. The van der Waals surface area contributed by atoms with E-state index in [0.29, 0.717) is 28.7 Å². The fraction of sp³-hybridized carbons (Fsp3) is 0.375. The molecule has 0 radical (unpaired) electrons. The molecule has 1 aromatic carbocycles. The van der Waals surface area contributed by atoms with Gasteiger partial charge in [0.05, 0.1) is 0 Å². The minimum atomic E-state index is -0.347. The quantitative estimate of drug-likeness (QED) is 0.940. The van der Waals surface area contributed by atoms with Crippen LogP contribution < -0.4 is 10.1 Å². The average Bonchev–Trinajstić information content (AvgIpc) is 2.52. The number of halogens is 2. The Morgan fingerprint density at radius 1 is 1.27 bits per heavy atom. The molecule has 0 bridgehead atoms. The van der Waals surface area contributed by atoms with E-state index in [1.807, 2.05) is 0 Å². The average molecular weight is 322 g/mol. The van der Waals surface area contributed by atoms with E-state index < -0.39 is 0 Å². The Kier molecular flexibility index (Phi) is 4.85. The number of nitrogens with zero attached hydrogens (tertiary/aromatic N) is 2. The second-order valence-electron chi connectivity index (χ2n) is 5.29. The molecule has 2 heterocycles. The highest BCUT2D eigenvalue weighted by Gasteiger charge is 2.15. The van der Waals surface area contributed by atoms with E-state index in [1.54, 1.807) is 24.4 Å². The summed E-state index contributed by atoms with van der Waals surface area (Å²) in [5.74, 6) is 0.736. The van der Waals surface area contributed by atoms with Gasteiger partial charge in [0.1, 0.15) is 17.7 Å². The molecule has 0 amide bonds. The van der Waals surface area contributed by atoms with Crippen molar-refractivity contribution in [2.45, 2.75) is 25.4 Å². The predicted molar refractivity (Wildman–Crippen MR) is 82.8 cm³/mol. The van der Waals surface area contributed by atoms with Crippen LogP contribution in [0.25, 0.3) is 0 Å². The summed E-state index contributed by atoms with van der Waals surface area (Å²) in [6.45, 7) is 1.91. The molecule has 0 aliphatic carbocycles. The maximum absolute atomic E-state index is 13.8. The number of piperidine rings is 1. The smallest absolute Gasteiger partial charge is 0.216 e. The molecule has 2 aromatic rings. The molecule has 116 valence electrons. The highest BCUT2D eigenvalue weighted by atomic mass is 35.5. The number of hydrogen-bond acceptors (Lipinski definition) is 4. The summed E-state index contributed by atoms with van der Waals surface area (Å²) in [4.78, 5) is 8.56. The van der Waals surface area contributed by atoms with Gasteiger partial charge >= 0.3 is 0 Å². The Bertz CT molecular complexity index is 647. The molecule has 1 saturated heterocycles. The van der Waals surface area contributed by atoms with Crippen LogP contribution in [-0.4, -0.2) is 29.2 Å². The number of nitrogens with one attached hydrogen (secondary N) is 1. The van der Waals surface area contributed by atoms with Gasteiger partial charge in [0.2, 0.25) is 5.88 Å². The molecule has 1 N–H and O–H groups in total. The maximum atomic E-state index is 13.8. The molecule has 6 heteroatoms. The van der Waals surface area contributed by atoms with E-state index in [1.165, 1.54) is 6.07 Å². The summed E-state index contributed by atoms with van der Waals surface area (Å²) in [6, 6.07) is 6.35. The lowest BCUT2D eigenvalue weighted by molar-refractivity contribution is 0.155. The zero-order chi connectivity index (χ0) is 15.4. The Hall–Kier alpha value is -1.72. The first-order valence-corrected chi connectivity index (χ1v) is 7.72. The Labute approximate surface area is 133 Å². The van der Waals surface area contributed by atoms with Gasteiger partial charge < -0.3 is 10.1 Å². The molecule has 0 saturated carbocycles. The van der Waals surface area contributed by atoms with Crippen molar-refractivity contribution in [1.29, 1.82) is 0 Å². The predicted octanol–water partition coefficient (Wildman–Crippen LogP) is 2.99. The molecule has 1 aliphatic rings. The van der Waals surface area contributed by atoms with Crippen LogP contribution >= 0.6 is 11.6 Å². The minimum absolute atomic E-state index is 0.177. The summed E-state index contributed by atoms with van der Waals surface area (Å²) in [6.07, 6.45) is 4.06. The molecule has 1 aromatic heterocycles. The van der Waals surface area contributed by atoms with E-state index in [0.717, 1.165) is 25.9 Å². The van der Waals surface area contributed by atoms with Crippen molar-refractivity contribution in [3.8, 4) is 5.88 Å². The van der Waals surface area contributed by atoms with Gasteiger partial charge in [-0.15, -0.1) is 0 Å². The highest BCUT2D eigenvalue weighted by molar-refractivity contribution is 6.30. The lowest BCUT2D eigenvalue weighted by Gasteiger charge is -2.23. The molecule has 0 spiro atoms. The standard InChI is InChI=1S/C16H17ClFN3O/c17-12-2-1-11(14(18)10-12)9-15-20-8-5-16(21-15)22-13-3-6-19-7-4-13/h1-2,5,8,10,13,19H,3-4,6-7,9H2. The van der Waals surface area contributed by atoms with Gasteiger partial charge in [-0.2, -0.15) is 4.98 Å². The third-order valence-electron chi connectivity index (χ3n) is 3.62. The van der Waals surface area contributed by atoms with Crippen molar-refractivity contribution in [2.75, 3.05) is 13.1 Å². The number of rotatable bonds is 4. The largest absolute Gasteiger partial charge is 0.474 e. The molecule has 0 atom stereocenters. The summed E-state index contributed by atoms with van der Waals surface area (Å²) in [7, 11) is 0. The van der Waals surface area contributed by atoms with Crippen LogP contribution in [0.4, 0.5) is 4.39 Å². The van der Waals surface area contributed by atoms with Crippen molar-refractivity contribution in [2.24, 2.45) is 0 Å². The SMILES string of the molecule is Fc1cc(Cl)ccc1Cc1nccc(OC2CCNCC2)n1. The summed E-state index contributed by atoms with van der Waals surface area (Å²) < 4.78 is 19.7. The maximum Gasteiger partial charge on any atom is 0.216 e. The van der Waals surface area contributed by atoms with Gasteiger partial charge in [-0.3, -0.25) is 0 Å². The number of benzene rings is 1. The number of hydrogen-bond donors (Lipinski definition) is 1. The van der Waals surface area contributed by atoms with Gasteiger partial charge in [-0.05, 0) is 43.6 Å². The second kappa shape index (κ2) is 7.03. The zero-order valence-corrected chi connectivity index (χ0v) is 12.8. The molecule has 1 fully saturated rings. The van der Waals surface area contributed by atoms with E-state index >= 15 is 0 Å². The van der Waals surface area contributed by atoms with Gasteiger partial charge in [0.25, 0.3) is 0 Å².